The van der Waals surface area contributed by atoms with E-state index in [1.54, 1.807) is 22.9 Å². The van der Waals surface area contributed by atoms with Crippen LogP contribution in [0.5, 0.6) is 0 Å². The first-order valence-electron chi connectivity index (χ1n) is 8.52. The average molecular weight is 381 g/mol. The number of aryl methyl sites for hydroxylation is 1. The van der Waals surface area contributed by atoms with Gasteiger partial charge in [0.05, 0.1) is 17.1 Å². The molecule has 0 saturated carbocycles. The fraction of sp³-hybridized carbons (Fsp3) is 0.150. The zero-order valence-corrected chi connectivity index (χ0v) is 15.3. The quantitative estimate of drug-likeness (QED) is 0.744. The summed E-state index contributed by atoms with van der Waals surface area (Å²) in [5.41, 5.74) is 3.25. The number of amides is 1. The Morgan fingerprint density at radius 1 is 1.19 bits per heavy atom. The van der Waals surface area contributed by atoms with Crippen molar-refractivity contribution in [3.8, 4) is 5.69 Å². The maximum absolute atomic E-state index is 12.7. The molecule has 27 heavy (non-hydrogen) atoms. The summed E-state index contributed by atoms with van der Waals surface area (Å²) in [5.74, 6) is 0.282. The van der Waals surface area contributed by atoms with Gasteiger partial charge in [0.25, 0.3) is 5.91 Å². The Balaban J connectivity index is 1.50. The summed E-state index contributed by atoms with van der Waals surface area (Å²) >= 11 is 6.07. The Morgan fingerprint density at radius 2 is 2.00 bits per heavy atom. The molecule has 0 bridgehead atoms. The molecule has 2 aromatic carbocycles. The van der Waals surface area contributed by atoms with Crippen LogP contribution in [0.15, 0.2) is 65.8 Å². The maximum Gasteiger partial charge on any atom is 0.269 e. The number of oxime groups is 1. The van der Waals surface area contributed by atoms with Crippen LogP contribution >= 0.6 is 11.6 Å². The van der Waals surface area contributed by atoms with Crippen LogP contribution < -0.4 is 5.32 Å². The molecular formula is C20H17ClN4O2. The molecule has 0 aliphatic carbocycles. The highest BCUT2D eigenvalue weighted by atomic mass is 35.5. The third-order valence-electron chi connectivity index (χ3n) is 4.20. The fourth-order valence-electron chi connectivity index (χ4n) is 2.92. The standard InChI is InChI=1S/C20H17ClN4O2/c1-13-10-19(25(23-13)16-9-5-8-15(21)11-16)22-20(26)18-12-17(24-27-18)14-6-3-2-4-7-14/h2-11,18H,12H2,1H3,(H,22,26). The second-order valence-electron chi connectivity index (χ2n) is 6.25. The van der Waals surface area contributed by atoms with E-state index in [1.165, 1.54) is 0 Å². The number of aromatic nitrogens is 2. The molecule has 1 amide bonds. The monoisotopic (exact) mass is 380 g/mol. The summed E-state index contributed by atoms with van der Waals surface area (Å²) in [6.07, 6.45) is -0.261. The molecule has 3 aromatic rings. The number of carbonyl (C=O) groups excluding carboxylic acids is 1. The first kappa shape index (κ1) is 17.3. The minimum atomic E-state index is -0.678. The molecule has 0 radical (unpaired) electrons. The van der Waals surface area contributed by atoms with Crippen LogP contribution in [0.3, 0.4) is 0 Å². The molecule has 1 N–H and O–H groups in total. The number of rotatable bonds is 4. The van der Waals surface area contributed by atoms with Gasteiger partial charge in [-0.25, -0.2) is 4.68 Å². The van der Waals surface area contributed by atoms with Gasteiger partial charge in [-0.05, 0) is 30.7 Å². The van der Waals surface area contributed by atoms with Crippen molar-refractivity contribution >= 4 is 29.0 Å². The van der Waals surface area contributed by atoms with Crippen molar-refractivity contribution in [3.63, 3.8) is 0 Å². The Kier molecular flexibility index (Phi) is 4.64. The van der Waals surface area contributed by atoms with Crippen LogP contribution in [-0.4, -0.2) is 27.5 Å². The SMILES string of the molecule is Cc1cc(NC(=O)C2CC(c3ccccc3)=NO2)n(-c2cccc(Cl)c2)n1. The normalized spacial score (nSPS) is 15.9. The van der Waals surface area contributed by atoms with Gasteiger partial charge in [-0.2, -0.15) is 5.10 Å². The Hall–Kier alpha value is -3.12. The number of halogens is 1. The molecule has 1 aromatic heterocycles. The van der Waals surface area contributed by atoms with E-state index in [-0.39, 0.29) is 5.91 Å². The van der Waals surface area contributed by atoms with Crippen molar-refractivity contribution in [3.05, 3.63) is 76.9 Å². The number of hydrogen-bond acceptors (Lipinski definition) is 4. The molecule has 7 heteroatoms. The van der Waals surface area contributed by atoms with E-state index in [9.17, 15) is 4.79 Å². The van der Waals surface area contributed by atoms with Gasteiger partial charge in [0.2, 0.25) is 6.10 Å². The number of hydrogen-bond donors (Lipinski definition) is 1. The highest BCUT2D eigenvalue weighted by Gasteiger charge is 2.29. The van der Waals surface area contributed by atoms with E-state index in [4.69, 9.17) is 16.4 Å². The molecule has 6 nitrogen and oxygen atoms in total. The smallest absolute Gasteiger partial charge is 0.269 e. The van der Waals surface area contributed by atoms with Gasteiger partial charge >= 0.3 is 0 Å². The van der Waals surface area contributed by atoms with Gasteiger partial charge in [-0.3, -0.25) is 4.79 Å². The van der Waals surface area contributed by atoms with Crippen LogP contribution in [0.2, 0.25) is 5.02 Å². The van der Waals surface area contributed by atoms with Gasteiger partial charge in [-0.1, -0.05) is 53.2 Å². The highest BCUT2D eigenvalue weighted by molar-refractivity contribution is 6.30. The molecule has 136 valence electrons. The summed E-state index contributed by atoms with van der Waals surface area (Å²) < 4.78 is 1.65. The van der Waals surface area contributed by atoms with Gasteiger partial charge in [0, 0.05) is 17.5 Å². The minimum Gasteiger partial charge on any atom is -0.382 e. The summed E-state index contributed by atoms with van der Waals surface area (Å²) in [6, 6.07) is 18.8. The van der Waals surface area contributed by atoms with Crippen molar-refractivity contribution in [2.75, 3.05) is 5.32 Å². The number of anilines is 1. The van der Waals surface area contributed by atoms with Gasteiger partial charge in [-0.15, -0.1) is 0 Å². The second-order valence-corrected chi connectivity index (χ2v) is 6.69. The predicted octanol–water partition coefficient (Wildman–Crippen LogP) is 3.97. The predicted molar refractivity (Wildman–Crippen MR) is 104 cm³/mol. The van der Waals surface area contributed by atoms with E-state index in [1.807, 2.05) is 49.4 Å². The van der Waals surface area contributed by atoms with Crippen LogP contribution in [0.25, 0.3) is 5.69 Å². The Bertz CT molecular complexity index is 1010. The van der Waals surface area contributed by atoms with Crippen molar-refractivity contribution in [2.45, 2.75) is 19.4 Å². The van der Waals surface area contributed by atoms with Crippen molar-refractivity contribution in [1.29, 1.82) is 0 Å². The van der Waals surface area contributed by atoms with E-state index in [0.717, 1.165) is 22.7 Å². The summed E-state index contributed by atoms with van der Waals surface area (Å²) in [7, 11) is 0. The molecule has 2 heterocycles. The summed E-state index contributed by atoms with van der Waals surface area (Å²) in [5, 5.41) is 12.0. The van der Waals surface area contributed by atoms with Crippen molar-refractivity contribution in [1.82, 2.24) is 9.78 Å². The molecule has 0 fully saturated rings. The third kappa shape index (κ3) is 3.71. The van der Waals surface area contributed by atoms with Crippen LogP contribution in [0, 0.1) is 6.92 Å². The van der Waals surface area contributed by atoms with Crippen LogP contribution in [0.4, 0.5) is 5.82 Å². The van der Waals surface area contributed by atoms with Crippen LogP contribution in [0.1, 0.15) is 17.7 Å². The third-order valence-corrected chi connectivity index (χ3v) is 4.44. The lowest BCUT2D eigenvalue weighted by Crippen LogP contribution is -2.29. The fourth-order valence-corrected chi connectivity index (χ4v) is 3.10. The Labute approximate surface area is 161 Å². The summed E-state index contributed by atoms with van der Waals surface area (Å²) in [4.78, 5) is 18.0. The van der Waals surface area contributed by atoms with E-state index >= 15 is 0 Å². The lowest BCUT2D eigenvalue weighted by Gasteiger charge is -2.11. The van der Waals surface area contributed by atoms with E-state index in [0.29, 0.717) is 17.3 Å². The van der Waals surface area contributed by atoms with Crippen molar-refractivity contribution in [2.24, 2.45) is 5.16 Å². The number of nitrogens with one attached hydrogen (secondary N) is 1. The zero-order chi connectivity index (χ0) is 18.8. The number of nitrogens with zero attached hydrogens (tertiary/aromatic N) is 3. The molecule has 1 atom stereocenters. The molecule has 0 saturated heterocycles. The van der Waals surface area contributed by atoms with Crippen LogP contribution in [-0.2, 0) is 9.63 Å². The largest absolute Gasteiger partial charge is 0.382 e. The lowest BCUT2D eigenvalue weighted by atomic mass is 10.0. The number of benzene rings is 2. The number of carbonyl (C=O) groups is 1. The molecule has 1 unspecified atom stereocenters. The highest BCUT2D eigenvalue weighted by Crippen LogP contribution is 2.22. The molecular weight excluding hydrogens is 364 g/mol. The topological polar surface area (TPSA) is 68.5 Å². The molecule has 1 aliphatic heterocycles. The Morgan fingerprint density at radius 3 is 2.78 bits per heavy atom. The van der Waals surface area contributed by atoms with Gasteiger partial charge < -0.3 is 10.2 Å². The molecule has 1 aliphatic rings. The lowest BCUT2D eigenvalue weighted by molar-refractivity contribution is -0.125. The first-order chi connectivity index (χ1) is 13.1. The molecule has 0 spiro atoms. The zero-order valence-electron chi connectivity index (χ0n) is 14.6. The first-order valence-corrected chi connectivity index (χ1v) is 8.89. The maximum atomic E-state index is 12.7. The minimum absolute atomic E-state index is 0.271. The van der Waals surface area contributed by atoms with E-state index < -0.39 is 6.10 Å². The average Bonchev–Trinajstić information content (AvgIpc) is 3.29. The summed E-state index contributed by atoms with van der Waals surface area (Å²) in [6.45, 7) is 1.86. The van der Waals surface area contributed by atoms with E-state index in [2.05, 4.69) is 15.6 Å². The molecule has 4 rings (SSSR count). The second kappa shape index (κ2) is 7.25. The van der Waals surface area contributed by atoms with Gasteiger partial charge in [0.15, 0.2) is 0 Å². The van der Waals surface area contributed by atoms with Crippen molar-refractivity contribution < 1.29 is 9.63 Å². The van der Waals surface area contributed by atoms with Gasteiger partial charge in [0.1, 0.15) is 5.82 Å².